The van der Waals surface area contributed by atoms with E-state index >= 15 is 0 Å². The number of hydrogen-bond acceptors (Lipinski definition) is 2. The van der Waals surface area contributed by atoms with Gasteiger partial charge in [0.2, 0.25) is 5.91 Å². The van der Waals surface area contributed by atoms with Crippen molar-refractivity contribution in [3.8, 4) is 0 Å². The SMILES string of the molecule is CCCn1c(=O)n(CCC(=O)N(C)C2CCC(C)CC2)c2ccccc21. The first kappa shape index (κ1) is 18.7. The molecule has 0 bridgehead atoms. The Kier molecular flexibility index (Phi) is 5.84. The van der Waals surface area contributed by atoms with Gasteiger partial charge >= 0.3 is 5.69 Å². The van der Waals surface area contributed by atoms with E-state index < -0.39 is 0 Å². The highest BCUT2D eigenvalue weighted by Crippen LogP contribution is 2.26. The molecule has 1 heterocycles. The molecule has 0 N–H and O–H groups in total. The maximum atomic E-state index is 12.8. The van der Waals surface area contributed by atoms with E-state index in [0.29, 0.717) is 25.6 Å². The van der Waals surface area contributed by atoms with Crippen molar-refractivity contribution in [2.24, 2.45) is 5.92 Å². The van der Waals surface area contributed by atoms with Gasteiger partial charge in [-0.25, -0.2) is 4.79 Å². The summed E-state index contributed by atoms with van der Waals surface area (Å²) in [6.45, 7) is 5.52. The molecule has 0 unspecified atom stereocenters. The minimum absolute atomic E-state index is 0.00463. The molecule has 1 aromatic heterocycles. The number of aryl methyl sites for hydroxylation is 2. The lowest BCUT2D eigenvalue weighted by Crippen LogP contribution is -2.40. The summed E-state index contributed by atoms with van der Waals surface area (Å²) in [4.78, 5) is 27.4. The summed E-state index contributed by atoms with van der Waals surface area (Å²) in [5.41, 5.74) is 1.88. The average Bonchev–Trinajstić information content (AvgIpc) is 2.92. The molecule has 1 saturated carbocycles. The molecule has 1 aliphatic rings. The maximum Gasteiger partial charge on any atom is 0.329 e. The van der Waals surface area contributed by atoms with E-state index in [1.54, 1.807) is 4.57 Å². The number of carbonyl (C=O) groups excluding carboxylic acids is 1. The van der Waals surface area contributed by atoms with Crippen molar-refractivity contribution < 1.29 is 4.79 Å². The molecular formula is C21H31N3O2. The fraction of sp³-hybridized carbons (Fsp3) is 0.619. The van der Waals surface area contributed by atoms with Gasteiger partial charge in [-0.05, 0) is 50.2 Å². The van der Waals surface area contributed by atoms with Gasteiger partial charge in [0, 0.05) is 32.6 Å². The molecule has 0 saturated heterocycles. The van der Waals surface area contributed by atoms with E-state index in [1.807, 2.05) is 40.8 Å². The van der Waals surface area contributed by atoms with Gasteiger partial charge in [-0.2, -0.15) is 0 Å². The van der Waals surface area contributed by atoms with Crippen molar-refractivity contribution in [2.75, 3.05) is 7.05 Å². The van der Waals surface area contributed by atoms with E-state index in [4.69, 9.17) is 0 Å². The number of fused-ring (bicyclic) bond motifs is 1. The summed E-state index contributed by atoms with van der Waals surface area (Å²) >= 11 is 0. The number of imidazole rings is 1. The topological polar surface area (TPSA) is 47.2 Å². The van der Waals surface area contributed by atoms with Crippen LogP contribution >= 0.6 is 0 Å². The number of rotatable bonds is 6. The van der Waals surface area contributed by atoms with Crippen molar-refractivity contribution in [1.82, 2.24) is 14.0 Å². The fourth-order valence-electron chi connectivity index (χ4n) is 4.15. The van der Waals surface area contributed by atoms with Crippen LogP contribution in [0.3, 0.4) is 0 Å². The number of carbonyl (C=O) groups is 1. The lowest BCUT2D eigenvalue weighted by Gasteiger charge is -2.33. The van der Waals surface area contributed by atoms with Crippen LogP contribution in [0.1, 0.15) is 52.4 Å². The molecule has 2 aromatic rings. The van der Waals surface area contributed by atoms with Crippen LogP contribution in [0.15, 0.2) is 29.1 Å². The molecule has 1 fully saturated rings. The average molecular weight is 357 g/mol. The molecule has 1 aliphatic carbocycles. The first-order valence-electron chi connectivity index (χ1n) is 9.96. The molecule has 3 rings (SSSR count). The number of hydrogen-bond donors (Lipinski definition) is 0. The molecule has 0 aliphatic heterocycles. The molecule has 1 amide bonds. The number of nitrogens with zero attached hydrogens (tertiary/aromatic N) is 3. The molecule has 0 atom stereocenters. The van der Waals surface area contributed by atoms with Gasteiger partial charge in [0.15, 0.2) is 0 Å². The number of para-hydroxylation sites is 2. The van der Waals surface area contributed by atoms with Crippen molar-refractivity contribution in [1.29, 1.82) is 0 Å². The summed E-state index contributed by atoms with van der Waals surface area (Å²) < 4.78 is 3.59. The molecule has 0 spiro atoms. The van der Waals surface area contributed by atoms with Crippen LogP contribution in [0, 0.1) is 5.92 Å². The van der Waals surface area contributed by atoms with E-state index in [0.717, 1.165) is 36.2 Å². The van der Waals surface area contributed by atoms with Crippen LogP contribution in [0.4, 0.5) is 0 Å². The third-order valence-corrected chi connectivity index (χ3v) is 5.85. The second-order valence-corrected chi connectivity index (χ2v) is 7.74. The number of amides is 1. The Morgan fingerprint density at radius 2 is 1.65 bits per heavy atom. The Balaban J connectivity index is 1.72. The van der Waals surface area contributed by atoms with E-state index in [-0.39, 0.29) is 11.6 Å². The second kappa shape index (κ2) is 8.11. The van der Waals surface area contributed by atoms with Crippen molar-refractivity contribution in [2.45, 2.75) is 71.5 Å². The van der Waals surface area contributed by atoms with E-state index in [2.05, 4.69) is 13.8 Å². The predicted octanol–water partition coefficient (Wildman–Crippen LogP) is 3.64. The zero-order valence-electron chi connectivity index (χ0n) is 16.3. The molecule has 142 valence electrons. The van der Waals surface area contributed by atoms with Gasteiger partial charge < -0.3 is 4.90 Å². The van der Waals surface area contributed by atoms with Gasteiger partial charge in [-0.3, -0.25) is 13.9 Å². The minimum Gasteiger partial charge on any atom is -0.343 e. The minimum atomic E-state index is -0.00463. The monoisotopic (exact) mass is 357 g/mol. The number of benzene rings is 1. The Labute approximate surface area is 155 Å². The summed E-state index contributed by atoms with van der Waals surface area (Å²) in [5, 5.41) is 0. The molecule has 0 radical (unpaired) electrons. The van der Waals surface area contributed by atoms with Crippen LogP contribution in [0.5, 0.6) is 0 Å². The lowest BCUT2D eigenvalue weighted by atomic mass is 9.86. The molecular weight excluding hydrogens is 326 g/mol. The van der Waals surface area contributed by atoms with Crippen molar-refractivity contribution in [3.05, 3.63) is 34.7 Å². The predicted molar refractivity (Wildman–Crippen MR) is 105 cm³/mol. The summed E-state index contributed by atoms with van der Waals surface area (Å²) in [7, 11) is 1.92. The smallest absolute Gasteiger partial charge is 0.329 e. The standard InChI is InChI=1S/C21H31N3O2/c1-4-14-23-18-7-5-6-8-19(18)24(21(23)26)15-13-20(25)22(3)17-11-9-16(2)10-12-17/h5-8,16-17H,4,9-15H2,1-3H3. The molecule has 5 heteroatoms. The largest absolute Gasteiger partial charge is 0.343 e. The third-order valence-electron chi connectivity index (χ3n) is 5.85. The first-order chi connectivity index (χ1) is 12.5. The zero-order chi connectivity index (χ0) is 18.7. The lowest BCUT2D eigenvalue weighted by molar-refractivity contribution is -0.132. The third kappa shape index (κ3) is 3.71. The van der Waals surface area contributed by atoms with E-state index in [1.165, 1.54) is 12.8 Å². The Hall–Kier alpha value is -2.04. The summed E-state index contributed by atoms with van der Waals surface area (Å²) in [5.74, 6) is 0.918. The van der Waals surface area contributed by atoms with Crippen LogP contribution in [0.25, 0.3) is 11.0 Å². The first-order valence-corrected chi connectivity index (χ1v) is 9.96. The van der Waals surface area contributed by atoms with Crippen LogP contribution in [-0.2, 0) is 17.9 Å². The van der Waals surface area contributed by atoms with Crippen molar-refractivity contribution in [3.63, 3.8) is 0 Å². The highest BCUT2D eigenvalue weighted by Gasteiger charge is 2.25. The van der Waals surface area contributed by atoms with E-state index in [9.17, 15) is 9.59 Å². The zero-order valence-corrected chi connectivity index (χ0v) is 16.3. The summed E-state index contributed by atoms with van der Waals surface area (Å²) in [6, 6.07) is 8.23. The van der Waals surface area contributed by atoms with Crippen molar-refractivity contribution >= 4 is 16.9 Å². The van der Waals surface area contributed by atoms with Gasteiger partial charge in [0.25, 0.3) is 0 Å². The molecule has 5 nitrogen and oxygen atoms in total. The van der Waals surface area contributed by atoms with Gasteiger partial charge in [0.1, 0.15) is 0 Å². The number of aromatic nitrogens is 2. The fourth-order valence-corrected chi connectivity index (χ4v) is 4.15. The Bertz CT molecular complexity index is 812. The van der Waals surface area contributed by atoms with Crippen LogP contribution in [0.2, 0.25) is 0 Å². The normalized spacial score (nSPS) is 20.4. The van der Waals surface area contributed by atoms with Gasteiger partial charge in [0.05, 0.1) is 11.0 Å². The Morgan fingerprint density at radius 1 is 1.08 bits per heavy atom. The highest BCUT2D eigenvalue weighted by molar-refractivity contribution is 5.78. The highest BCUT2D eigenvalue weighted by atomic mass is 16.2. The second-order valence-electron chi connectivity index (χ2n) is 7.74. The molecule has 26 heavy (non-hydrogen) atoms. The Morgan fingerprint density at radius 3 is 2.23 bits per heavy atom. The van der Waals surface area contributed by atoms with Gasteiger partial charge in [-0.15, -0.1) is 0 Å². The van der Waals surface area contributed by atoms with Crippen LogP contribution in [-0.4, -0.2) is 33.0 Å². The van der Waals surface area contributed by atoms with Gasteiger partial charge in [-0.1, -0.05) is 26.0 Å². The summed E-state index contributed by atoms with van der Waals surface area (Å²) in [6.07, 6.45) is 5.88. The van der Waals surface area contributed by atoms with Crippen LogP contribution < -0.4 is 5.69 Å². The molecule has 1 aromatic carbocycles. The quantitative estimate of drug-likeness (QED) is 0.792. The maximum absolute atomic E-state index is 12.8.